The number of hydrogen-bond donors (Lipinski definition) is 2. The standard InChI is InChI=1S/C20H17Cl2FN4O4/c21-12-2-3-13(24)17(18(12)23)9-5-10-1-4-14(27(10)16(29)6-9)20(30)31-8-15(28)11-7-25-26-19(11)22/h2-3,6-7,10,14H,1,4-5,8,24H2,(H,25,26)/t10?,14-/m0/s1. The summed E-state index contributed by atoms with van der Waals surface area (Å²) in [5, 5.41) is 6.02. The largest absolute Gasteiger partial charge is 0.456 e. The topological polar surface area (TPSA) is 118 Å². The first-order valence-corrected chi connectivity index (χ1v) is 10.2. The second kappa shape index (κ2) is 8.32. The molecule has 2 aromatic rings. The molecule has 3 heterocycles. The highest BCUT2D eigenvalue weighted by Crippen LogP contribution is 2.39. The lowest BCUT2D eigenvalue weighted by molar-refractivity contribution is -0.152. The molecule has 1 fully saturated rings. The molecule has 1 saturated heterocycles. The highest BCUT2D eigenvalue weighted by Gasteiger charge is 2.44. The molecule has 1 amide bonds. The van der Waals surface area contributed by atoms with Gasteiger partial charge in [0.1, 0.15) is 11.2 Å². The van der Waals surface area contributed by atoms with Gasteiger partial charge in [0.15, 0.2) is 12.4 Å². The van der Waals surface area contributed by atoms with Crippen molar-refractivity contribution < 1.29 is 23.5 Å². The van der Waals surface area contributed by atoms with E-state index in [9.17, 15) is 18.8 Å². The summed E-state index contributed by atoms with van der Waals surface area (Å²) in [5.41, 5.74) is 6.74. The van der Waals surface area contributed by atoms with Crippen molar-refractivity contribution in [1.29, 1.82) is 0 Å². The number of hydrogen-bond acceptors (Lipinski definition) is 6. The third-order valence-electron chi connectivity index (χ3n) is 5.47. The maximum absolute atomic E-state index is 14.5. The van der Waals surface area contributed by atoms with Crippen LogP contribution in [-0.2, 0) is 14.3 Å². The number of halogens is 3. The number of aromatic nitrogens is 2. The molecule has 0 saturated carbocycles. The van der Waals surface area contributed by atoms with Crippen molar-refractivity contribution in [2.75, 3.05) is 12.3 Å². The van der Waals surface area contributed by atoms with Crippen molar-refractivity contribution >= 4 is 52.1 Å². The molecule has 0 spiro atoms. The Kier molecular flexibility index (Phi) is 5.72. The van der Waals surface area contributed by atoms with Crippen molar-refractivity contribution in [3.63, 3.8) is 0 Å². The highest BCUT2D eigenvalue weighted by atomic mass is 35.5. The van der Waals surface area contributed by atoms with Gasteiger partial charge < -0.3 is 15.4 Å². The molecule has 4 rings (SSSR count). The van der Waals surface area contributed by atoms with Crippen LogP contribution in [0.3, 0.4) is 0 Å². The van der Waals surface area contributed by atoms with Crippen molar-refractivity contribution in [2.24, 2.45) is 0 Å². The minimum atomic E-state index is -0.829. The first-order valence-electron chi connectivity index (χ1n) is 9.43. The van der Waals surface area contributed by atoms with Crippen molar-refractivity contribution in [1.82, 2.24) is 15.1 Å². The van der Waals surface area contributed by atoms with Gasteiger partial charge in [-0.05, 0) is 37.0 Å². The quantitative estimate of drug-likeness (QED) is 0.397. The highest BCUT2D eigenvalue weighted by molar-refractivity contribution is 6.32. The zero-order valence-corrected chi connectivity index (χ0v) is 17.5. The van der Waals surface area contributed by atoms with Crippen LogP contribution in [0.25, 0.3) is 5.57 Å². The van der Waals surface area contributed by atoms with Crippen molar-refractivity contribution in [3.05, 3.63) is 51.5 Å². The Morgan fingerprint density at radius 2 is 2.10 bits per heavy atom. The van der Waals surface area contributed by atoms with Gasteiger partial charge in [0, 0.05) is 23.4 Å². The van der Waals surface area contributed by atoms with E-state index in [0.29, 0.717) is 24.8 Å². The molecule has 162 valence electrons. The monoisotopic (exact) mass is 466 g/mol. The molecule has 1 aromatic carbocycles. The van der Waals surface area contributed by atoms with Gasteiger partial charge in [-0.1, -0.05) is 23.2 Å². The zero-order chi connectivity index (χ0) is 22.3. The van der Waals surface area contributed by atoms with Gasteiger partial charge in [-0.2, -0.15) is 5.10 Å². The van der Waals surface area contributed by atoms with Gasteiger partial charge in [0.25, 0.3) is 0 Å². The molecule has 2 aliphatic heterocycles. The summed E-state index contributed by atoms with van der Waals surface area (Å²) in [6.45, 7) is -0.521. The van der Waals surface area contributed by atoms with Crippen LogP contribution in [0.5, 0.6) is 0 Å². The van der Waals surface area contributed by atoms with Crippen molar-refractivity contribution in [3.8, 4) is 0 Å². The van der Waals surface area contributed by atoms with Crippen LogP contribution in [0, 0.1) is 5.82 Å². The number of carbonyl (C=O) groups excluding carboxylic acids is 3. The second-order valence-electron chi connectivity index (χ2n) is 7.32. The molecular formula is C20H17Cl2FN4O4. The number of benzene rings is 1. The third kappa shape index (κ3) is 3.90. The van der Waals surface area contributed by atoms with Gasteiger partial charge in [-0.15, -0.1) is 0 Å². The summed E-state index contributed by atoms with van der Waals surface area (Å²) in [6, 6.07) is 1.69. The summed E-state index contributed by atoms with van der Waals surface area (Å²) < 4.78 is 19.7. The molecule has 11 heteroatoms. The summed E-state index contributed by atoms with van der Waals surface area (Å²) in [5.74, 6) is -2.33. The number of esters is 1. The summed E-state index contributed by atoms with van der Waals surface area (Å²) >= 11 is 11.7. The Morgan fingerprint density at radius 1 is 1.32 bits per heavy atom. The number of nitrogens with zero attached hydrogens (tertiary/aromatic N) is 2. The van der Waals surface area contributed by atoms with Crippen LogP contribution in [0.2, 0.25) is 10.2 Å². The Balaban J connectivity index is 1.48. The van der Waals surface area contributed by atoms with Gasteiger partial charge >= 0.3 is 5.97 Å². The lowest BCUT2D eigenvalue weighted by atomic mass is 9.92. The number of anilines is 1. The molecule has 3 N–H and O–H groups in total. The Labute approximate surface area is 186 Å². The molecule has 1 aromatic heterocycles. The SMILES string of the molecule is Nc1ccc(Cl)c(F)c1C1=CC(=O)N2C(CC[C@H]2C(=O)OCC(=O)c2cn[nH]c2Cl)C1. The molecule has 31 heavy (non-hydrogen) atoms. The van der Waals surface area contributed by atoms with Crippen LogP contribution >= 0.6 is 23.2 Å². The number of nitrogens with two attached hydrogens (primary N) is 1. The smallest absolute Gasteiger partial charge is 0.329 e. The Morgan fingerprint density at radius 3 is 2.81 bits per heavy atom. The number of Topliss-reactive ketones (excluding diaryl/α,β-unsaturated/α-hetero) is 1. The van der Waals surface area contributed by atoms with Crippen LogP contribution < -0.4 is 5.73 Å². The second-order valence-corrected chi connectivity index (χ2v) is 8.11. The minimum absolute atomic E-state index is 0.0541. The summed E-state index contributed by atoms with van der Waals surface area (Å²) in [6.07, 6.45) is 3.71. The fourth-order valence-corrected chi connectivity index (χ4v) is 4.39. The number of nitrogens with one attached hydrogen (secondary N) is 1. The van der Waals surface area contributed by atoms with E-state index in [1.165, 1.54) is 29.3 Å². The number of aromatic amines is 1. The van der Waals surface area contributed by atoms with E-state index in [1.54, 1.807) is 0 Å². The number of amides is 1. The molecule has 2 atom stereocenters. The maximum atomic E-state index is 14.5. The van der Waals surface area contributed by atoms with E-state index in [1.807, 2.05) is 0 Å². The number of rotatable bonds is 5. The van der Waals surface area contributed by atoms with Crippen LogP contribution in [0.1, 0.15) is 35.2 Å². The van der Waals surface area contributed by atoms with Crippen molar-refractivity contribution in [2.45, 2.75) is 31.3 Å². The van der Waals surface area contributed by atoms with Crippen LogP contribution in [0.4, 0.5) is 10.1 Å². The fourth-order valence-electron chi connectivity index (χ4n) is 4.03. The molecule has 0 aliphatic carbocycles. The minimum Gasteiger partial charge on any atom is -0.456 e. The first-order chi connectivity index (χ1) is 14.8. The number of nitrogen functional groups attached to an aromatic ring is 1. The summed E-state index contributed by atoms with van der Waals surface area (Å²) in [7, 11) is 0. The number of H-pyrrole nitrogens is 1. The number of carbonyl (C=O) groups is 3. The fraction of sp³-hybridized carbons (Fsp3) is 0.300. The Hall–Kier alpha value is -2.91. The molecule has 1 unspecified atom stereocenters. The lowest BCUT2D eigenvalue weighted by Gasteiger charge is -2.33. The van der Waals surface area contributed by atoms with E-state index in [2.05, 4.69) is 10.2 Å². The first kappa shape index (κ1) is 21.3. The van der Waals surface area contributed by atoms with E-state index in [0.717, 1.165) is 0 Å². The van der Waals surface area contributed by atoms with Gasteiger partial charge in [0.05, 0.1) is 16.8 Å². The average molecular weight is 467 g/mol. The maximum Gasteiger partial charge on any atom is 0.329 e. The number of ketones is 1. The number of fused-ring (bicyclic) bond motifs is 1. The lowest BCUT2D eigenvalue weighted by Crippen LogP contribution is -2.47. The Bertz CT molecular complexity index is 1120. The molecular weight excluding hydrogens is 450 g/mol. The average Bonchev–Trinajstić information content (AvgIpc) is 3.35. The van der Waals surface area contributed by atoms with E-state index in [4.69, 9.17) is 33.7 Å². The normalized spacial score (nSPS) is 20.4. The molecule has 0 bridgehead atoms. The molecule has 0 radical (unpaired) electrons. The van der Waals surface area contributed by atoms with E-state index in [-0.39, 0.29) is 33.0 Å². The van der Waals surface area contributed by atoms with E-state index < -0.39 is 36.1 Å². The zero-order valence-electron chi connectivity index (χ0n) is 16.0. The summed E-state index contributed by atoms with van der Waals surface area (Å²) in [4.78, 5) is 38.9. The van der Waals surface area contributed by atoms with Gasteiger partial charge in [-0.25, -0.2) is 9.18 Å². The van der Waals surface area contributed by atoms with Crippen LogP contribution in [-0.4, -0.2) is 51.4 Å². The van der Waals surface area contributed by atoms with Crippen LogP contribution in [0.15, 0.2) is 24.4 Å². The predicted octanol–water partition coefficient (Wildman–Crippen LogP) is 3.01. The molecule has 2 aliphatic rings. The van der Waals surface area contributed by atoms with Gasteiger partial charge in [0.2, 0.25) is 11.7 Å². The van der Waals surface area contributed by atoms with E-state index >= 15 is 0 Å². The van der Waals surface area contributed by atoms with Gasteiger partial charge in [-0.3, -0.25) is 14.7 Å². The third-order valence-corrected chi connectivity index (χ3v) is 6.05. The molecule has 8 nitrogen and oxygen atoms in total. The predicted molar refractivity (Wildman–Crippen MR) is 111 cm³/mol. The number of ether oxygens (including phenoxy) is 1.